The molecule has 0 spiro atoms. The summed E-state index contributed by atoms with van der Waals surface area (Å²) in [5.41, 5.74) is 1.07. The third-order valence-electron chi connectivity index (χ3n) is 2.14. The van der Waals surface area contributed by atoms with Crippen molar-refractivity contribution in [2.45, 2.75) is 0 Å². The van der Waals surface area contributed by atoms with Crippen LogP contribution in [-0.2, 0) is 0 Å². The van der Waals surface area contributed by atoms with Crippen molar-refractivity contribution in [3.8, 4) is 0 Å². The number of carbonyl (C=O) groups excluding carboxylic acids is 1. The maximum atomic E-state index is 10.9. The van der Waals surface area contributed by atoms with Crippen LogP contribution in [0.25, 0.3) is 0 Å². The first-order valence-corrected chi connectivity index (χ1v) is 7.04. The molecule has 0 radical (unpaired) electrons. The molecular weight excluding hydrogens is 432 g/mol. The molecule has 2 rings (SSSR count). The zero-order chi connectivity index (χ0) is 13.1. The second kappa shape index (κ2) is 5.94. The number of nitrogens with zero attached hydrogens (tertiary/aromatic N) is 2. The lowest BCUT2D eigenvalue weighted by Crippen LogP contribution is -2.00. The molecule has 0 bridgehead atoms. The summed E-state index contributed by atoms with van der Waals surface area (Å²) in [5, 5.41) is 3.17. The zero-order valence-corrected chi connectivity index (χ0v) is 13.3. The Labute approximate surface area is 130 Å². The van der Waals surface area contributed by atoms with Crippen molar-refractivity contribution in [3.63, 3.8) is 0 Å². The second-order valence-electron chi connectivity index (χ2n) is 3.30. The van der Waals surface area contributed by atoms with E-state index in [1.807, 2.05) is 18.2 Å². The lowest BCUT2D eigenvalue weighted by atomic mass is 10.3. The Balaban J connectivity index is 2.36. The van der Waals surface area contributed by atoms with Gasteiger partial charge < -0.3 is 5.32 Å². The van der Waals surface area contributed by atoms with Crippen LogP contribution in [0.1, 0.15) is 10.4 Å². The van der Waals surface area contributed by atoms with Gasteiger partial charge in [-0.3, -0.25) is 4.79 Å². The molecule has 0 aliphatic rings. The number of benzene rings is 1. The van der Waals surface area contributed by atoms with Gasteiger partial charge >= 0.3 is 0 Å². The van der Waals surface area contributed by atoms with Gasteiger partial charge in [0.25, 0.3) is 0 Å². The van der Waals surface area contributed by atoms with E-state index < -0.39 is 0 Å². The van der Waals surface area contributed by atoms with Crippen molar-refractivity contribution in [1.82, 2.24) is 9.97 Å². The first kappa shape index (κ1) is 13.7. The molecule has 18 heavy (non-hydrogen) atoms. The normalized spacial score (nSPS) is 10.2. The van der Waals surface area contributed by atoms with Crippen molar-refractivity contribution >= 4 is 67.9 Å². The fraction of sp³-hybridized carbons (Fsp3) is 0. The average molecular weight is 438 g/mol. The van der Waals surface area contributed by atoms with Gasteiger partial charge in [-0.1, -0.05) is 11.6 Å². The van der Waals surface area contributed by atoms with Crippen LogP contribution in [0.3, 0.4) is 0 Å². The molecule has 0 unspecified atom stereocenters. The Hall–Kier alpha value is -0.730. The quantitative estimate of drug-likeness (QED) is 0.446. The number of hydrogen-bond acceptors (Lipinski definition) is 4. The van der Waals surface area contributed by atoms with Crippen molar-refractivity contribution in [1.29, 1.82) is 0 Å². The molecule has 0 amide bonds. The van der Waals surface area contributed by atoms with Crippen molar-refractivity contribution in [2.24, 2.45) is 0 Å². The molecule has 0 atom stereocenters. The SMILES string of the molecule is O=Cc1c(Cl)ncnc1Nc1ccc(Br)c(I)c1. The second-order valence-corrected chi connectivity index (χ2v) is 5.67. The minimum Gasteiger partial charge on any atom is -0.339 e. The van der Waals surface area contributed by atoms with E-state index in [4.69, 9.17) is 11.6 Å². The highest BCUT2D eigenvalue weighted by Crippen LogP contribution is 2.26. The molecule has 92 valence electrons. The van der Waals surface area contributed by atoms with Crippen LogP contribution in [0.15, 0.2) is 29.0 Å². The van der Waals surface area contributed by atoms with Gasteiger partial charge in [0, 0.05) is 13.7 Å². The summed E-state index contributed by atoms with van der Waals surface area (Å²) in [5.74, 6) is 0.392. The number of aromatic nitrogens is 2. The third-order valence-corrected chi connectivity index (χ3v) is 4.76. The summed E-state index contributed by atoms with van der Waals surface area (Å²) in [6.45, 7) is 0. The molecular formula is C11H6BrClIN3O. The molecule has 1 aromatic carbocycles. The summed E-state index contributed by atoms with van der Waals surface area (Å²) in [6.07, 6.45) is 1.94. The average Bonchev–Trinajstić information content (AvgIpc) is 2.34. The van der Waals surface area contributed by atoms with E-state index in [9.17, 15) is 4.79 Å². The predicted octanol–water partition coefficient (Wildman–Crippen LogP) is 4.05. The monoisotopic (exact) mass is 437 g/mol. The Bertz CT molecular complexity index is 609. The maximum Gasteiger partial charge on any atom is 0.156 e. The van der Waals surface area contributed by atoms with Crippen molar-refractivity contribution < 1.29 is 4.79 Å². The number of anilines is 2. The first-order chi connectivity index (χ1) is 8.61. The lowest BCUT2D eigenvalue weighted by molar-refractivity contribution is 0.112. The molecule has 0 saturated heterocycles. The van der Waals surface area contributed by atoms with Crippen LogP contribution in [0.5, 0.6) is 0 Å². The van der Waals surface area contributed by atoms with Gasteiger partial charge in [-0.2, -0.15) is 0 Å². The maximum absolute atomic E-state index is 10.9. The summed E-state index contributed by atoms with van der Waals surface area (Å²) >= 11 is 11.4. The van der Waals surface area contributed by atoms with E-state index in [1.165, 1.54) is 6.33 Å². The molecule has 0 saturated carbocycles. The van der Waals surface area contributed by atoms with Crippen LogP contribution >= 0.6 is 50.1 Å². The fourth-order valence-corrected chi connectivity index (χ4v) is 2.23. The van der Waals surface area contributed by atoms with Gasteiger partial charge in [0.05, 0.1) is 5.56 Å². The summed E-state index contributed by atoms with van der Waals surface area (Å²) < 4.78 is 2.05. The van der Waals surface area contributed by atoms with Gasteiger partial charge in [-0.25, -0.2) is 9.97 Å². The van der Waals surface area contributed by atoms with E-state index in [0.29, 0.717) is 12.1 Å². The van der Waals surface area contributed by atoms with Gasteiger partial charge in [-0.05, 0) is 56.7 Å². The minimum absolute atomic E-state index is 0.134. The molecule has 0 aliphatic heterocycles. The molecule has 0 aliphatic carbocycles. The molecule has 7 heteroatoms. The van der Waals surface area contributed by atoms with Crippen LogP contribution in [-0.4, -0.2) is 16.3 Å². The number of halogens is 3. The van der Waals surface area contributed by atoms with Gasteiger partial charge in [0.15, 0.2) is 6.29 Å². The highest BCUT2D eigenvalue weighted by Gasteiger charge is 2.09. The standard InChI is InChI=1S/C11H6BrClIN3O/c12-8-2-1-6(3-9(8)14)17-11-7(4-18)10(13)15-5-16-11/h1-5H,(H,15,16,17). The third kappa shape index (κ3) is 2.99. The van der Waals surface area contributed by atoms with E-state index in [2.05, 4.69) is 53.8 Å². The van der Waals surface area contributed by atoms with E-state index >= 15 is 0 Å². The molecule has 1 aromatic heterocycles. The summed E-state index contributed by atoms with van der Waals surface area (Å²) in [7, 11) is 0. The van der Waals surface area contributed by atoms with Crippen LogP contribution in [0, 0.1) is 3.57 Å². The molecule has 1 N–H and O–H groups in total. The Kier molecular flexibility index (Phi) is 4.52. The van der Waals surface area contributed by atoms with Crippen LogP contribution in [0.2, 0.25) is 5.15 Å². The summed E-state index contributed by atoms with van der Waals surface area (Å²) in [4.78, 5) is 18.7. The zero-order valence-electron chi connectivity index (χ0n) is 8.82. The molecule has 4 nitrogen and oxygen atoms in total. The van der Waals surface area contributed by atoms with Crippen LogP contribution in [0.4, 0.5) is 11.5 Å². The van der Waals surface area contributed by atoms with Gasteiger partial charge in [0.1, 0.15) is 17.3 Å². The number of rotatable bonds is 3. The van der Waals surface area contributed by atoms with E-state index in [-0.39, 0.29) is 10.7 Å². The van der Waals surface area contributed by atoms with E-state index in [0.717, 1.165) is 13.7 Å². The number of carbonyl (C=O) groups is 1. The van der Waals surface area contributed by atoms with Crippen molar-refractivity contribution in [3.05, 3.63) is 43.3 Å². The number of nitrogens with one attached hydrogen (secondary N) is 1. The fourth-order valence-electron chi connectivity index (χ4n) is 1.29. The summed E-state index contributed by atoms with van der Waals surface area (Å²) in [6, 6.07) is 5.71. The largest absolute Gasteiger partial charge is 0.339 e. The highest BCUT2D eigenvalue weighted by molar-refractivity contribution is 14.1. The first-order valence-electron chi connectivity index (χ1n) is 4.79. The van der Waals surface area contributed by atoms with Gasteiger partial charge in [0.2, 0.25) is 0 Å². The molecule has 0 fully saturated rings. The predicted molar refractivity (Wildman–Crippen MR) is 82.6 cm³/mol. The highest BCUT2D eigenvalue weighted by atomic mass is 127. The minimum atomic E-state index is 0.134. The number of hydrogen-bond donors (Lipinski definition) is 1. The molecule has 1 heterocycles. The van der Waals surface area contributed by atoms with Crippen molar-refractivity contribution in [2.75, 3.05) is 5.32 Å². The molecule has 2 aromatic rings. The smallest absolute Gasteiger partial charge is 0.156 e. The lowest BCUT2D eigenvalue weighted by Gasteiger charge is -2.09. The van der Waals surface area contributed by atoms with Crippen LogP contribution < -0.4 is 5.32 Å². The Morgan fingerprint density at radius 3 is 2.83 bits per heavy atom. The van der Waals surface area contributed by atoms with E-state index in [1.54, 1.807) is 0 Å². The number of aldehydes is 1. The van der Waals surface area contributed by atoms with Gasteiger partial charge in [-0.15, -0.1) is 0 Å². The topological polar surface area (TPSA) is 54.9 Å². The Morgan fingerprint density at radius 2 is 2.17 bits per heavy atom. The Morgan fingerprint density at radius 1 is 1.39 bits per heavy atom.